The molecule has 0 aliphatic rings. The van der Waals surface area contributed by atoms with Gasteiger partial charge in [0.25, 0.3) is 0 Å². The molecule has 0 aliphatic heterocycles. The molecule has 0 fully saturated rings. The van der Waals surface area contributed by atoms with Gasteiger partial charge in [0.1, 0.15) is 0 Å². The first-order valence-corrected chi connectivity index (χ1v) is 39.6. The van der Waals surface area contributed by atoms with Crippen molar-refractivity contribution in [1.82, 2.24) is 5.32 Å². The van der Waals surface area contributed by atoms with E-state index in [0.29, 0.717) is 19.4 Å². The number of hydrogen-bond donors (Lipinski definition) is 3. The normalized spacial score (nSPS) is 12.6. The second-order valence-electron chi connectivity index (χ2n) is 27.4. The molecule has 510 valence electrons. The van der Waals surface area contributed by atoms with Crippen LogP contribution in [0.5, 0.6) is 0 Å². The second-order valence-corrected chi connectivity index (χ2v) is 27.4. The van der Waals surface area contributed by atoms with Crippen LogP contribution in [0.3, 0.4) is 0 Å². The third-order valence-electron chi connectivity index (χ3n) is 18.7. The molecule has 6 nitrogen and oxygen atoms in total. The summed E-state index contributed by atoms with van der Waals surface area (Å²) < 4.78 is 5.52. The number of hydrogen-bond acceptors (Lipinski definition) is 5. The van der Waals surface area contributed by atoms with E-state index in [4.69, 9.17) is 4.74 Å². The molecule has 0 radical (unpaired) electrons. The predicted octanol–water partition coefficient (Wildman–Crippen LogP) is 26.0. The summed E-state index contributed by atoms with van der Waals surface area (Å²) in [7, 11) is 0. The Morgan fingerprint density at radius 2 is 0.547 bits per heavy atom. The molecule has 0 aliphatic carbocycles. The van der Waals surface area contributed by atoms with E-state index < -0.39 is 12.1 Å². The molecule has 86 heavy (non-hydrogen) atoms. The fourth-order valence-electron chi connectivity index (χ4n) is 12.7. The molecular weight excluding hydrogens is 1050 g/mol. The Balaban J connectivity index is 3.37. The third-order valence-corrected chi connectivity index (χ3v) is 18.7. The molecule has 0 saturated carbocycles. The lowest BCUT2D eigenvalue weighted by molar-refractivity contribution is -0.143. The van der Waals surface area contributed by atoms with Crippen LogP contribution in [0.1, 0.15) is 450 Å². The highest BCUT2D eigenvalue weighted by atomic mass is 16.5. The van der Waals surface area contributed by atoms with Crippen LogP contribution >= 0.6 is 0 Å². The molecule has 0 saturated heterocycles. The Hall–Kier alpha value is -1.66. The van der Waals surface area contributed by atoms with Gasteiger partial charge in [0.15, 0.2) is 0 Å². The average Bonchev–Trinajstić information content (AvgIpc) is 3.53. The summed E-state index contributed by atoms with van der Waals surface area (Å²) in [6.45, 7) is 4.95. The first-order valence-electron chi connectivity index (χ1n) is 39.6. The Labute approximate surface area is 539 Å². The van der Waals surface area contributed by atoms with Crippen LogP contribution in [0.15, 0.2) is 24.3 Å². The van der Waals surface area contributed by atoms with Crippen molar-refractivity contribution in [2.45, 2.75) is 463 Å². The maximum Gasteiger partial charge on any atom is 0.305 e. The number of nitrogens with one attached hydrogen (secondary N) is 1. The fourth-order valence-corrected chi connectivity index (χ4v) is 12.7. The zero-order chi connectivity index (χ0) is 62.0. The van der Waals surface area contributed by atoms with Crippen molar-refractivity contribution < 1.29 is 24.5 Å². The van der Waals surface area contributed by atoms with Crippen LogP contribution in [0.2, 0.25) is 0 Å². The lowest BCUT2D eigenvalue weighted by atomic mass is 10.0. The number of amides is 1. The number of allylic oxidation sites excluding steroid dienone is 3. The summed E-state index contributed by atoms with van der Waals surface area (Å²) in [5, 5.41) is 23.3. The Kier molecular flexibility index (Phi) is 74.3. The molecule has 0 bridgehead atoms. The maximum atomic E-state index is 12.6. The van der Waals surface area contributed by atoms with Crippen LogP contribution in [-0.4, -0.2) is 47.4 Å². The SMILES string of the molecule is CCCCCCCC/C=C\CCCCCCCCCCCC(=O)OCCCCCCCCCCCCCCCCCCCCCCCCCCCC(=O)NC(CO)C(O)/C=C/CCCCCCCCCCCCCCCCCCCCCCCCC. The van der Waals surface area contributed by atoms with E-state index >= 15 is 0 Å². The predicted molar refractivity (Wildman–Crippen MR) is 380 cm³/mol. The van der Waals surface area contributed by atoms with Crippen molar-refractivity contribution in [1.29, 1.82) is 0 Å². The van der Waals surface area contributed by atoms with Gasteiger partial charge in [-0.05, 0) is 57.8 Å². The van der Waals surface area contributed by atoms with Crippen molar-refractivity contribution >= 4 is 11.9 Å². The number of carbonyl (C=O) groups is 2. The lowest BCUT2D eigenvalue weighted by Crippen LogP contribution is -2.45. The van der Waals surface area contributed by atoms with Crippen LogP contribution < -0.4 is 5.32 Å². The van der Waals surface area contributed by atoms with Crippen molar-refractivity contribution in [2.24, 2.45) is 0 Å². The number of ether oxygens (including phenoxy) is 1. The molecular formula is C80H155NO5. The second kappa shape index (κ2) is 75.8. The Morgan fingerprint density at radius 3 is 0.826 bits per heavy atom. The van der Waals surface area contributed by atoms with Gasteiger partial charge < -0.3 is 20.3 Å². The molecule has 0 rings (SSSR count). The number of esters is 1. The zero-order valence-electron chi connectivity index (χ0n) is 58.6. The summed E-state index contributed by atoms with van der Waals surface area (Å²) in [4.78, 5) is 24.7. The molecule has 6 heteroatoms. The van der Waals surface area contributed by atoms with Gasteiger partial charge in [-0.2, -0.15) is 0 Å². The number of unbranched alkanes of at least 4 members (excludes halogenated alkanes) is 62. The highest BCUT2D eigenvalue weighted by Crippen LogP contribution is 2.20. The van der Waals surface area contributed by atoms with Crippen molar-refractivity contribution in [3.05, 3.63) is 24.3 Å². The zero-order valence-corrected chi connectivity index (χ0v) is 58.6. The minimum atomic E-state index is -0.845. The van der Waals surface area contributed by atoms with E-state index in [2.05, 4.69) is 31.3 Å². The lowest BCUT2D eigenvalue weighted by Gasteiger charge is -2.20. The van der Waals surface area contributed by atoms with E-state index in [0.717, 1.165) is 38.5 Å². The fraction of sp³-hybridized carbons (Fsp3) is 0.925. The quantitative estimate of drug-likeness (QED) is 0.0320. The van der Waals surface area contributed by atoms with Crippen molar-refractivity contribution in [3.63, 3.8) is 0 Å². The van der Waals surface area contributed by atoms with E-state index in [9.17, 15) is 19.8 Å². The summed E-state index contributed by atoms with van der Waals surface area (Å²) >= 11 is 0. The van der Waals surface area contributed by atoms with Gasteiger partial charge in [0.05, 0.1) is 25.4 Å². The van der Waals surface area contributed by atoms with Gasteiger partial charge >= 0.3 is 5.97 Å². The van der Waals surface area contributed by atoms with Crippen LogP contribution in [-0.2, 0) is 14.3 Å². The van der Waals surface area contributed by atoms with E-state index in [-0.39, 0.29) is 18.5 Å². The first-order chi connectivity index (χ1) is 42.5. The smallest absolute Gasteiger partial charge is 0.305 e. The van der Waals surface area contributed by atoms with E-state index in [1.807, 2.05) is 6.08 Å². The number of aliphatic hydroxyl groups excluding tert-OH is 2. The Morgan fingerprint density at radius 1 is 0.314 bits per heavy atom. The molecule has 0 aromatic carbocycles. The molecule has 1 amide bonds. The molecule has 3 N–H and O–H groups in total. The van der Waals surface area contributed by atoms with Gasteiger partial charge in [-0.25, -0.2) is 0 Å². The van der Waals surface area contributed by atoms with E-state index in [1.54, 1.807) is 6.08 Å². The number of rotatable bonds is 75. The highest BCUT2D eigenvalue weighted by Gasteiger charge is 2.18. The first kappa shape index (κ1) is 84.3. The molecule has 0 aromatic heterocycles. The van der Waals surface area contributed by atoms with E-state index in [1.165, 1.54) is 385 Å². The molecule has 0 spiro atoms. The average molecular weight is 1210 g/mol. The van der Waals surface area contributed by atoms with Crippen LogP contribution in [0.4, 0.5) is 0 Å². The van der Waals surface area contributed by atoms with Gasteiger partial charge in [-0.1, -0.05) is 404 Å². The molecule has 0 aromatic rings. The monoisotopic (exact) mass is 1210 g/mol. The maximum absolute atomic E-state index is 12.6. The molecule has 0 heterocycles. The topological polar surface area (TPSA) is 95.9 Å². The summed E-state index contributed by atoms with van der Waals surface area (Å²) in [6.07, 6.45) is 97.2. The minimum Gasteiger partial charge on any atom is -0.466 e. The number of carbonyl (C=O) groups excluding carboxylic acids is 2. The summed E-state index contributed by atoms with van der Waals surface area (Å²) in [6, 6.07) is -0.628. The van der Waals surface area contributed by atoms with Gasteiger partial charge in [-0.15, -0.1) is 0 Å². The molecule has 2 atom stereocenters. The van der Waals surface area contributed by atoms with Gasteiger partial charge in [-0.3, -0.25) is 9.59 Å². The van der Waals surface area contributed by atoms with Crippen LogP contribution in [0, 0.1) is 0 Å². The summed E-state index contributed by atoms with van der Waals surface area (Å²) in [5.41, 5.74) is 0. The number of aliphatic hydroxyl groups is 2. The van der Waals surface area contributed by atoms with Crippen molar-refractivity contribution in [2.75, 3.05) is 13.2 Å². The Bertz CT molecular complexity index is 1350. The van der Waals surface area contributed by atoms with Crippen molar-refractivity contribution in [3.8, 4) is 0 Å². The molecule has 2 unspecified atom stereocenters. The minimum absolute atomic E-state index is 0.0168. The van der Waals surface area contributed by atoms with Crippen LogP contribution in [0.25, 0.3) is 0 Å². The standard InChI is InChI=1S/C80H155NO5/c1-3-5-7-9-11-13-15-17-19-21-23-24-25-27-30-33-37-40-44-48-52-56-60-64-68-72-78(83)77(76-82)81-79(84)73-69-65-61-57-53-49-45-41-38-34-31-28-26-29-32-35-39-43-47-51-55-59-63-67-71-75-86-80(85)74-70-66-62-58-54-50-46-42-36-22-20-18-16-14-12-10-8-6-4-2/h18,20,68,72,77-78,82-83H,3-17,19,21-67,69-71,73-76H2,1-2H3,(H,81,84)/b20-18-,72-68+. The highest BCUT2D eigenvalue weighted by molar-refractivity contribution is 5.76. The summed E-state index contributed by atoms with van der Waals surface area (Å²) in [5.74, 6) is -0.0440. The largest absolute Gasteiger partial charge is 0.466 e. The van der Waals surface area contributed by atoms with Gasteiger partial charge in [0, 0.05) is 12.8 Å². The third kappa shape index (κ3) is 71.4. The van der Waals surface area contributed by atoms with Gasteiger partial charge in [0.2, 0.25) is 5.91 Å².